The van der Waals surface area contributed by atoms with E-state index in [9.17, 15) is 18.0 Å². The molecule has 1 aromatic carbocycles. The molecule has 12 heteroatoms. The highest BCUT2D eigenvalue weighted by Gasteiger charge is 2.33. The molecule has 0 aliphatic heterocycles. The smallest absolute Gasteiger partial charge is 0.433 e. The van der Waals surface area contributed by atoms with Gasteiger partial charge in [-0.3, -0.25) is 0 Å². The molecule has 0 aliphatic rings. The summed E-state index contributed by atoms with van der Waals surface area (Å²) in [7, 11) is 3.89. The monoisotopic (exact) mass is 436 g/mol. The molecule has 0 bridgehead atoms. The average Bonchev–Trinajstić information content (AvgIpc) is 3.20. The molecule has 2 N–H and O–H groups in total. The van der Waals surface area contributed by atoms with Gasteiger partial charge >= 0.3 is 19.6 Å². The summed E-state index contributed by atoms with van der Waals surface area (Å²) >= 11 is 0. The van der Waals surface area contributed by atoms with Crippen LogP contribution in [-0.2, 0) is 15.6 Å². The fourth-order valence-electron chi connectivity index (χ4n) is 2.96. The number of hydrogen-bond acceptors (Lipinski definition) is 8. The summed E-state index contributed by atoms with van der Waals surface area (Å²) in [6, 6.07) is 5.09. The van der Waals surface area contributed by atoms with Crippen molar-refractivity contribution in [1.29, 1.82) is 0 Å². The van der Waals surface area contributed by atoms with Crippen molar-refractivity contribution in [1.82, 2.24) is 9.97 Å². The highest BCUT2D eigenvalue weighted by molar-refractivity contribution is 6.29. The van der Waals surface area contributed by atoms with Gasteiger partial charge in [-0.1, -0.05) is 6.92 Å². The van der Waals surface area contributed by atoms with Gasteiger partial charge in [0.2, 0.25) is 11.7 Å². The van der Waals surface area contributed by atoms with Crippen molar-refractivity contribution in [2.45, 2.75) is 18.9 Å². The maximum atomic E-state index is 13.1. The molecule has 1 unspecified atom stereocenters. The maximum absolute atomic E-state index is 13.1. The number of oxazole rings is 1. The highest BCUT2D eigenvalue weighted by Crippen LogP contribution is 2.37. The minimum absolute atomic E-state index is 0.00221. The van der Waals surface area contributed by atoms with E-state index < -0.39 is 23.7 Å². The number of fused-ring (bicyclic) bond motifs is 1. The quantitative estimate of drug-likeness (QED) is 0.341. The van der Waals surface area contributed by atoms with Gasteiger partial charge in [-0.15, -0.1) is 0 Å². The van der Waals surface area contributed by atoms with Crippen molar-refractivity contribution >= 4 is 24.4 Å². The number of esters is 1. The van der Waals surface area contributed by atoms with Crippen molar-refractivity contribution in [2.24, 2.45) is 5.73 Å². The first kappa shape index (κ1) is 22.6. The van der Waals surface area contributed by atoms with Crippen LogP contribution in [0, 0.1) is 0 Å². The lowest BCUT2D eigenvalue weighted by Gasteiger charge is -2.11. The Balaban J connectivity index is 2.19. The topological polar surface area (TPSA) is 110 Å². The summed E-state index contributed by atoms with van der Waals surface area (Å²) in [5.74, 6) is -1.28. The fourth-order valence-corrected chi connectivity index (χ4v) is 2.96. The van der Waals surface area contributed by atoms with Gasteiger partial charge in [0.15, 0.2) is 0 Å². The first-order valence-electron chi connectivity index (χ1n) is 9.00. The molecule has 0 saturated heterocycles. The van der Waals surface area contributed by atoms with Crippen LogP contribution in [0.25, 0.3) is 22.4 Å². The average molecular weight is 436 g/mol. The molecule has 0 fully saturated rings. The van der Waals surface area contributed by atoms with Gasteiger partial charge in [0, 0.05) is 16.8 Å². The molecule has 8 nitrogen and oxygen atoms in total. The molecule has 0 saturated carbocycles. The van der Waals surface area contributed by atoms with E-state index in [2.05, 4.69) is 9.97 Å². The van der Waals surface area contributed by atoms with Crippen LogP contribution in [0.1, 0.15) is 34.7 Å². The lowest BCUT2D eigenvalue weighted by Crippen LogP contribution is -2.16. The van der Waals surface area contributed by atoms with Crippen molar-refractivity contribution in [3.8, 4) is 17.2 Å². The minimum atomic E-state index is -4.63. The maximum Gasteiger partial charge on any atom is 0.433 e. The van der Waals surface area contributed by atoms with Crippen LogP contribution in [0.4, 0.5) is 13.2 Å². The Morgan fingerprint density at radius 1 is 1.23 bits per heavy atom. The van der Waals surface area contributed by atoms with Crippen LogP contribution in [-0.4, -0.2) is 44.4 Å². The first-order chi connectivity index (χ1) is 14.7. The summed E-state index contributed by atoms with van der Waals surface area (Å²) in [4.78, 5) is 20.3. The summed E-state index contributed by atoms with van der Waals surface area (Å²) in [6.07, 6.45) is -4.63. The molecular weight excluding hydrogens is 418 g/mol. The molecule has 3 rings (SSSR count). The number of benzene rings is 1. The number of carbonyl (C=O) groups excluding carboxylic acids is 1. The number of nitrogens with zero attached hydrogens (tertiary/aromatic N) is 2. The van der Waals surface area contributed by atoms with Crippen molar-refractivity contribution in [3.63, 3.8) is 0 Å². The molecule has 1 radical (unpaired) electrons. The van der Waals surface area contributed by atoms with E-state index in [1.807, 2.05) is 0 Å². The normalized spacial score (nSPS) is 12.6. The van der Waals surface area contributed by atoms with Crippen LogP contribution in [0.5, 0.6) is 5.75 Å². The molecule has 0 aliphatic carbocycles. The number of halogens is 3. The van der Waals surface area contributed by atoms with Crippen LogP contribution in [0.3, 0.4) is 0 Å². The lowest BCUT2D eigenvalue weighted by atomic mass is 9.78. The molecule has 2 heterocycles. The number of pyridine rings is 1. The third kappa shape index (κ3) is 4.49. The van der Waals surface area contributed by atoms with Crippen molar-refractivity contribution in [2.75, 3.05) is 21.0 Å². The number of ether oxygens (including phenoxy) is 2. The Kier molecular flexibility index (Phi) is 6.51. The summed E-state index contributed by atoms with van der Waals surface area (Å²) in [6.45, 7) is 1.63. The van der Waals surface area contributed by atoms with Gasteiger partial charge < -0.3 is 24.3 Å². The number of alkyl halides is 3. The number of rotatable bonds is 7. The van der Waals surface area contributed by atoms with Crippen molar-refractivity contribution in [3.05, 3.63) is 41.4 Å². The highest BCUT2D eigenvalue weighted by atomic mass is 19.4. The number of nitrogens with two attached hydrogens (primary N) is 1. The van der Waals surface area contributed by atoms with Crippen LogP contribution < -0.4 is 10.5 Å². The summed E-state index contributed by atoms with van der Waals surface area (Å²) in [5.41, 5.74) is 4.76. The molecule has 0 amide bonds. The van der Waals surface area contributed by atoms with Gasteiger partial charge in [0.25, 0.3) is 0 Å². The second-order valence-corrected chi connectivity index (χ2v) is 6.39. The lowest BCUT2D eigenvalue weighted by molar-refractivity contribution is -0.140. The molecule has 163 valence electrons. The van der Waals surface area contributed by atoms with E-state index in [-0.39, 0.29) is 35.3 Å². The van der Waals surface area contributed by atoms with E-state index in [1.54, 1.807) is 13.0 Å². The predicted octanol–water partition coefficient (Wildman–Crippen LogP) is 3.32. The number of carbonyl (C=O) groups is 1. The SMILES string of the molecule is COC(=O)c1oc(-c2ccc(OC)c3nc(C(F)(F)F)ccc23)nc1C(C)[B]OCN. The number of hydrogen-bond donors (Lipinski definition) is 1. The van der Waals surface area contributed by atoms with E-state index in [4.69, 9.17) is 24.3 Å². The zero-order chi connectivity index (χ0) is 22.8. The van der Waals surface area contributed by atoms with Gasteiger partial charge in [-0.2, -0.15) is 13.2 Å². The van der Waals surface area contributed by atoms with Crippen LogP contribution in [0.15, 0.2) is 28.7 Å². The molecule has 31 heavy (non-hydrogen) atoms. The number of aromatic nitrogens is 2. The Labute approximate surface area is 175 Å². The Morgan fingerprint density at radius 3 is 2.58 bits per heavy atom. The van der Waals surface area contributed by atoms with Gasteiger partial charge in [-0.25, -0.2) is 14.8 Å². The zero-order valence-electron chi connectivity index (χ0n) is 16.8. The van der Waals surface area contributed by atoms with E-state index in [0.717, 1.165) is 6.07 Å². The Morgan fingerprint density at radius 2 is 1.97 bits per heavy atom. The third-order valence-corrected chi connectivity index (χ3v) is 4.41. The Bertz CT molecular complexity index is 1100. The van der Waals surface area contributed by atoms with E-state index in [1.165, 1.54) is 33.8 Å². The molecule has 3 aromatic rings. The van der Waals surface area contributed by atoms with Gasteiger partial charge in [0.1, 0.15) is 17.0 Å². The summed E-state index contributed by atoms with van der Waals surface area (Å²) in [5, 5.41) is 0.298. The van der Waals surface area contributed by atoms with Crippen LogP contribution >= 0.6 is 0 Å². The van der Waals surface area contributed by atoms with Gasteiger partial charge in [-0.05, 0) is 24.3 Å². The zero-order valence-corrected chi connectivity index (χ0v) is 16.8. The second-order valence-electron chi connectivity index (χ2n) is 6.39. The van der Waals surface area contributed by atoms with Gasteiger partial charge in [0.05, 0.1) is 26.6 Å². The minimum Gasteiger partial charge on any atom is -0.494 e. The fraction of sp³-hybridized carbons (Fsp3) is 0.316. The first-order valence-corrected chi connectivity index (χ1v) is 9.00. The third-order valence-electron chi connectivity index (χ3n) is 4.41. The van der Waals surface area contributed by atoms with E-state index in [0.29, 0.717) is 10.9 Å². The molecule has 0 spiro atoms. The second kappa shape index (κ2) is 8.94. The molecule has 1 atom stereocenters. The summed E-state index contributed by atoms with van der Waals surface area (Å²) < 4.78 is 60.0. The standard InChI is InChI=1S/C19H18BF3N3O5/c1-9(20-30-8-24)14-16(18(27)29-3)31-17(26-14)11-4-6-12(28-2)15-10(11)5-7-13(25-15)19(21,22)23/h4-7,9H,8,24H2,1-3H3. The Hall–Kier alpha value is -3.12. The van der Waals surface area contributed by atoms with E-state index >= 15 is 0 Å². The number of methoxy groups -OCH3 is 2. The van der Waals surface area contributed by atoms with Crippen LogP contribution in [0.2, 0.25) is 0 Å². The largest absolute Gasteiger partial charge is 0.494 e. The molecular formula is C19H18BF3N3O5. The molecule has 2 aromatic heterocycles. The van der Waals surface area contributed by atoms with Crippen molar-refractivity contribution < 1.29 is 36.5 Å². The predicted molar refractivity (Wildman–Crippen MR) is 104 cm³/mol.